The van der Waals surface area contributed by atoms with Crippen molar-refractivity contribution in [1.29, 1.82) is 0 Å². The number of nitrogens with zero attached hydrogens (tertiary/aromatic N) is 1. The van der Waals surface area contributed by atoms with Crippen LogP contribution in [0.5, 0.6) is 0 Å². The minimum Gasteiger partial charge on any atom is -0.326 e. The molecular weight excluding hydrogens is 404 g/mol. The van der Waals surface area contributed by atoms with Gasteiger partial charge in [-0.3, -0.25) is 14.4 Å². The molecule has 0 bridgehead atoms. The molecule has 1 aliphatic carbocycles. The van der Waals surface area contributed by atoms with E-state index in [2.05, 4.69) is 5.32 Å². The first-order valence-corrected chi connectivity index (χ1v) is 10.4. The lowest BCUT2D eigenvalue weighted by Crippen LogP contribution is -2.20. The molecule has 30 heavy (non-hydrogen) atoms. The number of carbonyl (C=O) groups is 3. The van der Waals surface area contributed by atoms with E-state index < -0.39 is 21.6 Å². The summed E-state index contributed by atoms with van der Waals surface area (Å²) in [6, 6.07) is 14.5. The second-order valence-electron chi connectivity index (χ2n) is 6.70. The fourth-order valence-corrected chi connectivity index (χ4v) is 4.67. The summed E-state index contributed by atoms with van der Waals surface area (Å²) in [6.07, 6.45) is 3.78. The van der Waals surface area contributed by atoms with E-state index in [1.54, 1.807) is 30.3 Å². The topological polar surface area (TPSA) is 102 Å². The lowest BCUT2D eigenvalue weighted by atomic mass is 9.94. The second-order valence-corrected chi connectivity index (χ2v) is 8.52. The van der Waals surface area contributed by atoms with E-state index in [9.17, 15) is 22.8 Å². The normalized spacial score (nSPS) is 13.2. The van der Waals surface area contributed by atoms with Crippen LogP contribution in [-0.2, 0) is 19.6 Å². The summed E-state index contributed by atoms with van der Waals surface area (Å²) in [5, 5.41) is 2.58. The first-order chi connectivity index (χ1) is 14.3. The maximum Gasteiger partial charge on any atom is 0.268 e. The number of nitrogens with one attached hydrogen (secondary N) is 1. The van der Waals surface area contributed by atoms with Crippen LogP contribution < -0.4 is 5.32 Å². The highest BCUT2D eigenvalue weighted by Gasteiger charge is 2.32. The van der Waals surface area contributed by atoms with Gasteiger partial charge in [-0.05, 0) is 42.0 Å². The second kappa shape index (κ2) is 7.23. The Labute approximate surface area is 172 Å². The van der Waals surface area contributed by atoms with Gasteiger partial charge in [-0.25, -0.2) is 12.4 Å². The Kier molecular flexibility index (Phi) is 4.71. The molecule has 0 saturated heterocycles. The molecule has 0 unspecified atom stereocenters. The monoisotopic (exact) mass is 420 g/mol. The fourth-order valence-electron chi connectivity index (χ4n) is 3.31. The lowest BCUT2D eigenvalue weighted by Gasteiger charge is -2.12. The highest BCUT2D eigenvalue weighted by atomic mass is 32.2. The van der Waals surface area contributed by atoms with Crippen LogP contribution >= 0.6 is 0 Å². The fraction of sp³-hybridized carbons (Fsp3) is 0.0455. The molecule has 8 heteroatoms. The Morgan fingerprint density at radius 2 is 1.60 bits per heavy atom. The van der Waals surface area contributed by atoms with Gasteiger partial charge in [0, 0.05) is 24.4 Å². The number of carbonyl (C=O) groups excluding carboxylic acids is 3. The molecule has 150 valence electrons. The Morgan fingerprint density at radius 1 is 0.933 bits per heavy atom. The number of fused-ring (bicyclic) bond motifs is 1. The largest absolute Gasteiger partial charge is 0.326 e. The maximum atomic E-state index is 13.3. The first-order valence-electron chi connectivity index (χ1n) is 9.00. The van der Waals surface area contributed by atoms with Crippen molar-refractivity contribution in [2.24, 2.45) is 0 Å². The van der Waals surface area contributed by atoms with Gasteiger partial charge in [0.05, 0.1) is 16.2 Å². The summed E-state index contributed by atoms with van der Waals surface area (Å²) in [5.41, 5.74) is 1.64. The van der Waals surface area contributed by atoms with Crippen molar-refractivity contribution in [3.63, 3.8) is 0 Å². The van der Waals surface area contributed by atoms with Crippen LogP contribution in [-0.4, -0.2) is 29.9 Å². The predicted molar refractivity (Wildman–Crippen MR) is 112 cm³/mol. The summed E-state index contributed by atoms with van der Waals surface area (Å²) in [6.45, 7) is 1.35. The van der Waals surface area contributed by atoms with Crippen LogP contribution in [0.2, 0.25) is 0 Å². The van der Waals surface area contributed by atoms with Gasteiger partial charge in [-0.2, -0.15) is 0 Å². The SMILES string of the molecule is CC(=O)Nc1ccc(S(=O)(=O)n2cc(-c3ccccc3)c3c2C=CC(=O)C3=O)cc1. The summed E-state index contributed by atoms with van der Waals surface area (Å²) < 4.78 is 27.6. The number of Topliss-reactive ketones (excluding diaryl/α,β-unsaturated/α-hetero) is 1. The average Bonchev–Trinajstić information content (AvgIpc) is 3.12. The van der Waals surface area contributed by atoms with Crippen molar-refractivity contribution in [3.8, 4) is 11.1 Å². The van der Waals surface area contributed by atoms with Crippen LogP contribution in [0, 0.1) is 0 Å². The number of ketones is 2. The lowest BCUT2D eigenvalue weighted by molar-refractivity contribution is -0.114. The smallest absolute Gasteiger partial charge is 0.268 e. The van der Waals surface area contributed by atoms with Gasteiger partial charge in [-0.1, -0.05) is 30.3 Å². The van der Waals surface area contributed by atoms with Crippen LogP contribution in [0.4, 0.5) is 5.69 Å². The zero-order valence-electron chi connectivity index (χ0n) is 15.8. The van der Waals surface area contributed by atoms with Crippen LogP contribution in [0.3, 0.4) is 0 Å². The van der Waals surface area contributed by atoms with Gasteiger partial charge in [-0.15, -0.1) is 0 Å². The van der Waals surface area contributed by atoms with Crippen molar-refractivity contribution in [2.45, 2.75) is 11.8 Å². The molecular formula is C22H16N2O5S. The summed E-state index contributed by atoms with van der Waals surface area (Å²) >= 11 is 0. The molecule has 0 atom stereocenters. The molecule has 0 aliphatic heterocycles. The van der Waals surface area contributed by atoms with E-state index in [4.69, 9.17) is 0 Å². The van der Waals surface area contributed by atoms with E-state index in [0.717, 1.165) is 10.0 Å². The van der Waals surface area contributed by atoms with E-state index in [0.29, 0.717) is 16.8 Å². The number of hydrogen-bond donors (Lipinski definition) is 1. The molecule has 0 radical (unpaired) electrons. The molecule has 0 fully saturated rings. The molecule has 3 aromatic rings. The van der Waals surface area contributed by atoms with Crippen molar-refractivity contribution >= 4 is 39.3 Å². The third kappa shape index (κ3) is 3.27. The van der Waals surface area contributed by atoms with Gasteiger partial charge >= 0.3 is 0 Å². The number of allylic oxidation sites excluding steroid dienone is 1. The number of benzene rings is 2. The standard InChI is InChI=1S/C22H16N2O5S/c1-14(25)23-16-7-9-17(10-8-16)30(28,29)24-13-18(15-5-3-2-4-6-15)21-19(24)11-12-20(26)22(21)27/h2-13H,1H3,(H,23,25). The van der Waals surface area contributed by atoms with E-state index in [-0.39, 0.29) is 22.1 Å². The minimum absolute atomic E-state index is 0.0215. The molecule has 0 saturated carbocycles. The van der Waals surface area contributed by atoms with Crippen molar-refractivity contribution < 1.29 is 22.8 Å². The van der Waals surface area contributed by atoms with Gasteiger partial charge in [0.25, 0.3) is 10.0 Å². The van der Waals surface area contributed by atoms with Gasteiger partial charge < -0.3 is 5.32 Å². The number of rotatable bonds is 4. The van der Waals surface area contributed by atoms with Crippen LogP contribution in [0.15, 0.2) is 71.8 Å². The number of anilines is 1. The van der Waals surface area contributed by atoms with Crippen LogP contribution in [0.25, 0.3) is 17.2 Å². The molecule has 7 nitrogen and oxygen atoms in total. The Bertz CT molecular complexity index is 1320. The number of amides is 1. The summed E-state index contributed by atoms with van der Waals surface area (Å²) in [5.74, 6) is -1.72. The molecule has 1 aliphatic rings. The number of aromatic nitrogens is 1. The zero-order valence-corrected chi connectivity index (χ0v) is 16.6. The molecule has 0 spiro atoms. The van der Waals surface area contributed by atoms with E-state index in [1.165, 1.54) is 43.5 Å². The van der Waals surface area contributed by atoms with Crippen molar-refractivity contribution in [2.75, 3.05) is 5.32 Å². The van der Waals surface area contributed by atoms with Crippen molar-refractivity contribution in [1.82, 2.24) is 3.97 Å². The van der Waals surface area contributed by atoms with E-state index in [1.807, 2.05) is 0 Å². The Hall–Kier alpha value is -3.78. The predicted octanol–water partition coefficient (Wildman–Crippen LogP) is 3.13. The van der Waals surface area contributed by atoms with E-state index >= 15 is 0 Å². The third-order valence-electron chi connectivity index (χ3n) is 4.67. The highest BCUT2D eigenvalue weighted by Crippen LogP contribution is 2.34. The van der Waals surface area contributed by atoms with Crippen LogP contribution in [0.1, 0.15) is 23.0 Å². The number of hydrogen-bond acceptors (Lipinski definition) is 5. The van der Waals surface area contributed by atoms with Gasteiger partial charge in [0.2, 0.25) is 17.5 Å². The Balaban J connectivity index is 1.88. The molecule has 1 heterocycles. The summed E-state index contributed by atoms with van der Waals surface area (Å²) in [4.78, 5) is 35.7. The minimum atomic E-state index is -4.06. The molecule has 1 N–H and O–H groups in total. The molecule has 1 amide bonds. The maximum absolute atomic E-state index is 13.3. The van der Waals surface area contributed by atoms with Gasteiger partial charge in [0.1, 0.15) is 0 Å². The third-order valence-corrected chi connectivity index (χ3v) is 6.36. The summed E-state index contributed by atoms with van der Waals surface area (Å²) in [7, 11) is -4.06. The highest BCUT2D eigenvalue weighted by molar-refractivity contribution is 7.90. The molecule has 4 rings (SSSR count). The molecule has 2 aromatic carbocycles. The first kappa shape index (κ1) is 19.5. The van der Waals surface area contributed by atoms with Gasteiger partial charge in [0.15, 0.2) is 0 Å². The van der Waals surface area contributed by atoms with Crippen molar-refractivity contribution in [3.05, 3.63) is 78.1 Å². The molecule has 1 aromatic heterocycles. The Morgan fingerprint density at radius 3 is 2.23 bits per heavy atom. The quantitative estimate of drug-likeness (QED) is 0.654. The average molecular weight is 420 g/mol. The zero-order chi connectivity index (χ0) is 21.5.